The highest BCUT2D eigenvalue weighted by Crippen LogP contribution is 2.24. The van der Waals surface area contributed by atoms with Crippen molar-refractivity contribution in [2.24, 2.45) is 7.05 Å². The van der Waals surface area contributed by atoms with Gasteiger partial charge in [-0.25, -0.2) is 6.57 Å². The summed E-state index contributed by atoms with van der Waals surface area (Å²) in [5.41, 5.74) is 2.14. The van der Waals surface area contributed by atoms with Gasteiger partial charge in [0.1, 0.15) is 0 Å². The van der Waals surface area contributed by atoms with Gasteiger partial charge in [0.2, 0.25) is 6.54 Å². The lowest BCUT2D eigenvalue weighted by Crippen LogP contribution is -1.82. The van der Waals surface area contributed by atoms with Gasteiger partial charge in [0.25, 0.3) is 0 Å². The first kappa shape index (κ1) is 9.11. The minimum Gasteiger partial charge on any atom is -0.350 e. The lowest BCUT2D eigenvalue weighted by molar-refractivity contribution is 0.960. The maximum absolute atomic E-state index is 6.86. The highest BCUT2D eigenvalue weighted by atomic mass is 35.5. The van der Waals surface area contributed by atoms with Crippen molar-refractivity contribution in [2.45, 2.75) is 6.54 Å². The Hall–Kier alpha value is -1.46. The fraction of sp³-hybridized carbons (Fsp3) is 0.182. The molecule has 0 saturated carbocycles. The zero-order chi connectivity index (χ0) is 10.1. The molecular weight excluding hydrogens is 196 g/mol. The van der Waals surface area contributed by atoms with Crippen LogP contribution in [0, 0.1) is 6.57 Å². The van der Waals surface area contributed by atoms with Gasteiger partial charge >= 0.3 is 0 Å². The predicted octanol–water partition coefficient (Wildman–Crippen LogP) is 3.25. The van der Waals surface area contributed by atoms with Crippen molar-refractivity contribution in [1.82, 2.24) is 4.57 Å². The lowest BCUT2D eigenvalue weighted by Gasteiger charge is -1.95. The Morgan fingerprint density at radius 3 is 3.00 bits per heavy atom. The largest absolute Gasteiger partial charge is 0.350 e. The number of hydrogen-bond donors (Lipinski definition) is 0. The highest BCUT2D eigenvalue weighted by molar-refractivity contribution is 6.31. The number of halogens is 1. The fourth-order valence-corrected chi connectivity index (χ4v) is 1.82. The number of rotatable bonds is 1. The Morgan fingerprint density at radius 2 is 2.29 bits per heavy atom. The Kier molecular flexibility index (Phi) is 2.18. The van der Waals surface area contributed by atoms with Crippen molar-refractivity contribution >= 4 is 22.5 Å². The molecule has 0 fully saturated rings. The monoisotopic (exact) mass is 204 g/mol. The second-order valence-electron chi connectivity index (χ2n) is 3.24. The Bertz CT molecular complexity index is 520. The van der Waals surface area contributed by atoms with Crippen LogP contribution in [0.25, 0.3) is 15.7 Å². The minimum absolute atomic E-state index is 0.430. The molecular formula is C11H9ClN2. The molecule has 0 radical (unpaired) electrons. The minimum atomic E-state index is 0.430. The summed E-state index contributed by atoms with van der Waals surface area (Å²) in [6.45, 7) is 7.29. The van der Waals surface area contributed by atoms with Gasteiger partial charge in [0.05, 0.1) is 5.56 Å². The van der Waals surface area contributed by atoms with Crippen molar-refractivity contribution in [3.05, 3.63) is 46.4 Å². The molecule has 0 amide bonds. The molecule has 0 aliphatic carbocycles. The molecule has 0 atom stereocenters. The maximum atomic E-state index is 6.86. The molecule has 2 aromatic rings. The van der Waals surface area contributed by atoms with Crippen LogP contribution >= 0.6 is 11.6 Å². The predicted molar refractivity (Wildman–Crippen MR) is 58.2 cm³/mol. The molecule has 2 nitrogen and oxygen atoms in total. The van der Waals surface area contributed by atoms with E-state index in [0.29, 0.717) is 6.54 Å². The summed E-state index contributed by atoms with van der Waals surface area (Å²) in [7, 11) is 1.96. The van der Waals surface area contributed by atoms with Gasteiger partial charge in [-0.3, -0.25) is 0 Å². The van der Waals surface area contributed by atoms with Gasteiger partial charge in [0.15, 0.2) is 0 Å². The maximum Gasteiger partial charge on any atom is 0.241 e. The van der Waals surface area contributed by atoms with Crippen LogP contribution in [0.5, 0.6) is 0 Å². The van der Waals surface area contributed by atoms with Crippen LogP contribution < -0.4 is 0 Å². The number of benzene rings is 1. The molecule has 1 aromatic carbocycles. The molecule has 0 N–H and O–H groups in total. The topological polar surface area (TPSA) is 9.29 Å². The Balaban J connectivity index is 2.72. The second kappa shape index (κ2) is 3.36. The van der Waals surface area contributed by atoms with Gasteiger partial charge in [-0.1, -0.05) is 17.7 Å². The van der Waals surface area contributed by atoms with Crippen molar-refractivity contribution < 1.29 is 0 Å². The molecule has 14 heavy (non-hydrogen) atoms. The van der Waals surface area contributed by atoms with Gasteiger partial charge in [-0.15, -0.1) is 0 Å². The van der Waals surface area contributed by atoms with E-state index >= 15 is 0 Å². The molecule has 0 saturated heterocycles. The molecule has 0 aliphatic rings. The van der Waals surface area contributed by atoms with Crippen molar-refractivity contribution in [1.29, 1.82) is 0 Å². The third-order valence-corrected chi connectivity index (χ3v) is 2.52. The van der Waals surface area contributed by atoms with Crippen LogP contribution in [-0.2, 0) is 13.6 Å². The van der Waals surface area contributed by atoms with Crippen LogP contribution in [0.4, 0.5) is 0 Å². The quantitative estimate of drug-likeness (QED) is 0.631. The molecule has 2 rings (SSSR count). The van der Waals surface area contributed by atoms with Crippen molar-refractivity contribution in [3.63, 3.8) is 0 Å². The summed E-state index contributed by atoms with van der Waals surface area (Å²) in [5, 5.41) is 1.85. The van der Waals surface area contributed by atoms with E-state index in [-0.39, 0.29) is 0 Å². The Morgan fingerprint density at radius 1 is 1.50 bits per heavy atom. The number of nitrogens with zero attached hydrogens (tertiary/aromatic N) is 2. The molecule has 70 valence electrons. The van der Waals surface area contributed by atoms with E-state index in [2.05, 4.69) is 4.85 Å². The van der Waals surface area contributed by atoms with Crippen LogP contribution in [0.1, 0.15) is 5.56 Å². The van der Waals surface area contributed by atoms with Crippen LogP contribution in [0.3, 0.4) is 0 Å². The average Bonchev–Trinajstić information content (AvgIpc) is 2.44. The highest BCUT2D eigenvalue weighted by Gasteiger charge is 2.07. The average molecular weight is 205 g/mol. The molecule has 1 heterocycles. The molecule has 3 heteroatoms. The van der Waals surface area contributed by atoms with Crippen molar-refractivity contribution in [2.75, 3.05) is 0 Å². The molecule has 0 unspecified atom stereocenters. The van der Waals surface area contributed by atoms with Gasteiger partial charge in [-0.05, 0) is 12.1 Å². The second-order valence-corrected chi connectivity index (χ2v) is 3.68. The first-order valence-corrected chi connectivity index (χ1v) is 4.67. The number of aromatic nitrogens is 1. The number of hydrogen-bond acceptors (Lipinski definition) is 0. The third kappa shape index (κ3) is 1.36. The summed E-state index contributed by atoms with van der Waals surface area (Å²) >= 11 is 5.90. The summed E-state index contributed by atoms with van der Waals surface area (Å²) in [6.07, 6.45) is 1.99. The van der Waals surface area contributed by atoms with E-state index < -0.39 is 0 Å². The van der Waals surface area contributed by atoms with E-state index in [4.69, 9.17) is 18.2 Å². The van der Waals surface area contributed by atoms with Crippen LogP contribution in [0.15, 0.2) is 24.4 Å². The molecule has 0 aliphatic heterocycles. The van der Waals surface area contributed by atoms with Crippen molar-refractivity contribution in [3.8, 4) is 0 Å². The van der Waals surface area contributed by atoms with E-state index in [1.807, 2.05) is 36.0 Å². The van der Waals surface area contributed by atoms with E-state index in [0.717, 1.165) is 21.5 Å². The van der Waals surface area contributed by atoms with Crippen LogP contribution in [0.2, 0.25) is 5.02 Å². The van der Waals surface area contributed by atoms with Gasteiger partial charge in [-0.2, -0.15) is 0 Å². The van der Waals surface area contributed by atoms with E-state index in [1.54, 1.807) is 0 Å². The van der Waals surface area contributed by atoms with Crippen LogP contribution in [-0.4, -0.2) is 4.57 Å². The number of aryl methyl sites for hydroxylation is 1. The fourth-order valence-electron chi connectivity index (χ4n) is 1.65. The zero-order valence-electron chi connectivity index (χ0n) is 7.79. The summed E-state index contributed by atoms with van der Waals surface area (Å²) < 4.78 is 2.00. The summed E-state index contributed by atoms with van der Waals surface area (Å²) in [6, 6.07) is 5.75. The normalized spacial score (nSPS) is 10.4. The van der Waals surface area contributed by atoms with Gasteiger partial charge in [0, 0.05) is 29.2 Å². The van der Waals surface area contributed by atoms with Gasteiger partial charge < -0.3 is 9.41 Å². The van der Waals surface area contributed by atoms with E-state index in [9.17, 15) is 0 Å². The lowest BCUT2D eigenvalue weighted by atomic mass is 10.2. The standard InChI is InChI=1S/C11H9ClN2/c1-13-6-8-7-14(2)11-5-9(12)3-4-10(8)11/h3-5,7H,6H2,2H3. The first-order valence-electron chi connectivity index (χ1n) is 4.29. The smallest absolute Gasteiger partial charge is 0.241 e. The SMILES string of the molecule is [C-]#[N+]Cc1cn(C)c2cc(Cl)ccc12. The number of fused-ring (bicyclic) bond motifs is 1. The molecule has 0 spiro atoms. The third-order valence-electron chi connectivity index (χ3n) is 2.28. The molecule has 0 bridgehead atoms. The first-order chi connectivity index (χ1) is 6.72. The van der Waals surface area contributed by atoms with E-state index in [1.165, 1.54) is 0 Å². The molecule has 1 aromatic heterocycles. The Labute approximate surface area is 87.5 Å². The zero-order valence-corrected chi connectivity index (χ0v) is 8.54. The summed E-state index contributed by atoms with van der Waals surface area (Å²) in [4.78, 5) is 3.40. The summed E-state index contributed by atoms with van der Waals surface area (Å²) in [5.74, 6) is 0.